The molecule has 0 radical (unpaired) electrons. The summed E-state index contributed by atoms with van der Waals surface area (Å²) in [6.07, 6.45) is 6.55. The van der Waals surface area contributed by atoms with Crippen LogP contribution >= 0.6 is 0 Å². The number of nitrogens with two attached hydrogens (primary N) is 1. The van der Waals surface area contributed by atoms with E-state index < -0.39 is 5.97 Å². The van der Waals surface area contributed by atoms with Crippen LogP contribution < -0.4 is 11.1 Å². The Morgan fingerprint density at radius 1 is 1.38 bits per heavy atom. The van der Waals surface area contributed by atoms with Gasteiger partial charge in [-0.25, -0.2) is 9.78 Å². The summed E-state index contributed by atoms with van der Waals surface area (Å²) in [5.74, 6) is 0.220. The van der Waals surface area contributed by atoms with Crippen LogP contribution in [0.1, 0.15) is 43.0 Å². The fraction of sp³-hybridized carbons (Fsp3) is 0.400. The Bertz CT molecular complexity index is 977. The molecule has 1 aliphatic rings. The number of fused-ring (bicyclic) bond motifs is 3. The summed E-state index contributed by atoms with van der Waals surface area (Å²) in [7, 11) is 0. The molecule has 0 aliphatic heterocycles. The van der Waals surface area contributed by atoms with Crippen molar-refractivity contribution in [1.29, 1.82) is 0 Å². The number of nitrogens with one attached hydrogen (secondary N) is 1. The molecule has 0 saturated heterocycles. The highest BCUT2D eigenvalue weighted by molar-refractivity contribution is 5.94. The molecule has 2 aromatic heterocycles. The predicted octanol–water partition coefficient (Wildman–Crippen LogP) is 3.51. The summed E-state index contributed by atoms with van der Waals surface area (Å²) >= 11 is 0. The Balaban J connectivity index is 1.71. The van der Waals surface area contributed by atoms with Gasteiger partial charge in [0.15, 0.2) is 5.82 Å². The minimum atomic E-state index is -0.947. The topological polar surface area (TPSA) is 92.6 Å². The summed E-state index contributed by atoms with van der Waals surface area (Å²) in [5, 5.41) is 12.7. The Morgan fingerprint density at radius 3 is 3.00 bits per heavy atom. The van der Waals surface area contributed by atoms with Gasteiger partial charge in [0.05, 0.1) is 22.1 Å². The van der Waals surface area contributed by atoms with Crippen LogP contribution in [-0.4, -0.2) is 32.5 Å². The minimum Gasteiger partial charge on any atom is -0.478 e. The van der Waals surface area contributed by atoms with Crippen LogP contribution in [0.4, 0.5) is 5.82 Å². The van der Waals surface area contributed by atoms with Crippen LogP contribution in [0.3, 0.4) is 0 Å². The maximum Gasteiger partial charge on any atom is 0.335 e. The molecule has 4 N–H and O–H groups in total. The number of anilines is 1. The van der Waals surface area contributed by atoms with Crippen molar-refractivity contribution in [3.05, 3.63) is 42.1 Å². The van der Waals surface area contributed by atoms with Crippen molar-refractivity contribution in [2.24, 2.45) is 11.7 Å². The lowest BCUT2D eigenvalue weighted by molar-refractivity contribution is 0.0697. The molecule has 1 aromatic carbocycles. The van der Waals surface area contributed by atoms with Gasteiger partial charge >= 0.3 is 5.97 Å². The molecule has 2 unspecified atom stereocenters. The molecule has 1 saturated carbocycles. The van der Waals surface area contributed by atoms with E-state index in [0.29, 0.717) is 11.4 Å². The van der Waals surface area contributed by atoms with Crippen molar-refractivity contribution in [1.82, 2.24) is 9.38 Å². The van der Waals surface area contributed by atoms with Gasteiger partial charge in [-0.1, -0.05) is 12.8 Å². The number of carboxylic acid groups (broad SMARTS) is 1. The standard InChI is InChI=1S/C20H24N4O2/c1-20(21)9-3-2-5-14(20)12-22-18-17-6-4-10-24(17)16-8-7-13(19(25)26)11-15(16)23-18/h4,6-8,10-11,14H,2-3,5,9,12,21H2,1H3,(H,22,23)(H,25,26). The van der Waals surface area contributed by atoms with Crippen LogP contribution in [0.2, 0.25) is 0 Å². The third-order valence-corrected chi connectivity index (χ3v) is 5.67. The first-order valence-electron chi connectivity index (χ1n) is 9.12. The Labute approximate surface area is 152 Å². The molecule has 1 aliphatic carbocycles. The highest BCUT2D eigenvalue weighted by Crippen LogP contribution is 2.32. The first-order valence-corrected chi connectivity index (χ1v) is 9.12. The number of benzene rings is 1. The molecule has 0 spiro atoms. The normalized spacial score (nSPS) is 23.4. The molecule has 136 valence electrons. The Hall–Kier alpha value is -2.60. The van der Waals surface area contributed by atoms with Gasteiger partial charge in [0.1, 0.15) is 0 Å². The molecule has 2 atom stereocenters. The summed E-state index contributed by atoms with van der Waals surface area (Å²) in [6, 6.07) is 9.03. The molecule has 0 amide bonds. The van der Waals surface area contributed by atoms with Gasteiger partial charge in [-0.15, -0.1) is 0 Å². The average Bonchev–Trinajstić information content (AvgIpc) is 3.09. The lowest BCUT2D eigenvalue weighted by atomic mass is 9.74. The number of aromatic nitrogens is 2. The van der Waals surface area contributed by atoms with Crippen molar-refractivity contribution < 1.29 is 9.90 Å². The molecule has 6 heteroatoms. The second-order valence-corrected chi connectivity index (χ2v) is 7.56. The number of carbonyl (C=O) groups is 1. The lowest BCUT2D eigenvalue weighted by Gasteiger charge is -2.38. The minimum absolute atomic E-state index is 0.156. The van der Waals surface area contributed by atoms with Crippen molar-refractivity contribution in [3.8, 4) is 0 Å². The van der Waals surface area contributed by atoms with Crippen molar-refractivity contribution in [2.45, 2.75) is 38.1 Å². The van der Waals surface area contributed by atoms with Gasteiger partial charge in [0, 0.05) is 18.3 Å². The summed E-state index contributed by atoms with van der Waals surface area (Å²) in [6.45, 7) is 2.91. The van der Waals surface area contributed by atoms with E-state index in [9.17, 15) is 9.90 Å². The maximum absolute atomic E-state index is 11.3. The maximum atomic E-state index is 11.3. The molecular weight excluding hydrogens is 328 g/mol. The molecule has 4 rings (SSSR count). The Kier molecular flexibility index (Phi) is 4.07. The molecule has 3 aromatic rings. The quantitative estimate of drug-likeness (QED) is 0.668. The predicted molar refractivity (Wildman–Crippen MR) is 103 cm³/mol. The zero-order valence-corrected chi connectivity index (χ0v) is 14.9. The highest BCUT2D eigenvalue weighted by atomic mass is 16.4. The molecule has 0 bridgehead atoms. The zero-order chi connectivity index (χ0) is 18.3. The number of rotatable bonds is 4. The SMILES string of the molecule is CC1(N)CCCCC1CNc1nc2cc(C(=O)O)ccc2n2cccc12. The van der Waals surface area contributed by atoms with Gasteiger partial charge in [-0.2, -0.15) is 0 Å². The second-order valence-electron chi connectivity index (χ2n) is 7.56. The number of aromatic carboxylic acids is 1. The lowest BCUT2D eigenvalue weighted by Crippen LogP contribution is -2.49. The molecule has 26 heavy (non-hydrogen) atoms. The third-order valence-electron chi connectivity index (χ3n) is 5.67. The van der Waals surface area contributed by atoms with Gasteiger partial charge in [0.2, 0.25) is 0 Å². The molecule has 6 nitrogen and oxygen atoms in total. The van der Waals surface area contributed by atoms with E-state index in [1.807, 2.05) is 22.7 Å². The number of carboxylic acids is 1. The summed E-state index contributed by atoms with van der Waals surface area (Å²) < 4.78 is 2.04. The first-order chi connectivity index (χ1) is 12.5. The summed E-state index contributed by atoms with van der Waals surface area (Å²) in [5.41, 5.74) is 9.11. The van der Waals surface area contributed by atoms with Crippen LogP contribution in [-0.2, 0) is 0 Å². The third kappa shape index (κ3) is 2.90. The van der Waals surface area contributed by atoms with Gasteiger partial charge in [0.25, 0.3) is 0 Å². The van der Waals surface area contributed by atoms with E-state index in [0.717, 1.165) is 36.2 Å². The van der Waals surface area contributed by atoms with E-state index >= 15 is 0 Å². The average molecular weight is 352 g/mol. The monoisotopic (exact) mass is 352 g/mol. The van der Waals surface area contributed by atoms with E-state index in [2.05, 4.69) is 12.2 Å². The van der Waals surface area contributed by atoms with Crippen molar-refractivity contribution in [2.75, 3.05) is 11.9 Å². The fourth-order valence-electron chi connectivity index (χ4n) is 4.03. The van der Waals surface area contributed by atoms with Crippen LogP contribution in [0.5, 0.6) is 0 Å². The molecular formula is C20H24N4O2. The van der Waals surface area contributed by atoms with Crippen molar-refractivity contribution in [3.63, 3.8) is 0 Å². The van der Waals surface area contributed by atoms with Gasteiger partial charge < -0.3 is 20.6 Å². The second kappa shape index (κ2) is 6.29. The van der Waals surface area contributed by atoms with Crippen LogP contribution in [0, 0.1) is 5.92 Å². The molecule has 1 fully saturated rings. The van der Waals surface area contributed by atoms with Gasteiger partial charge in [-0.05, 0) is 56.0 Å². The van der Waals surface area contributed by atoms with E-state index in [4.69, 9.17) is 10.7 Å². The summed E-state index contributed by atoms with van der Waals surface area (Å²) in [4.78, 5) is 16.0. The number of nitrogens with zero attached hydrogens (tertiary/aromatic N) is 2. The Morgan fingerprint density at radius 2 is 2.23 bits per heavy atom. The highest BCUT2D eigenvalue weighted by Gasteiger charge is 2.32. The van der Waals surface area contributed by atoms with Crippen molar-refractivity contribution >= 4 is 28.3 Å². The fourth-order valence-corrected chi connectivity index (χ4v) is 4.03. The van der Waals surface area contributed by atoms with E-state index in [1.54, 1.807) is 18.2 Å². The number of hydrogen-bond acceptors (Lipinski definition) is 4. The number of hydrogen-bond donors (Lipinski definition) is 3. The largest absolute Gasteiger partial charge is 0.478 e. The van der Waals surface area contributed by atoms with Crippen LogP contribution in [0.25, 0.3) is 16.6 Å². The molecule has 2 heterocycles. The smallest absolute Gasteiger partial charge is 0.335 e. The zero-order valence-electron chi connectivity index (χ0n) is 14.9. The van der Waals surface area contributed by atoms with E-state index in [-0.39, 0.29) is 11.1 Å². The first kappa shape index (κ1) is 16.8. The van der Waals surface area contributed by atoms with Gasteiger partial charge in [-0.3, -0.25) is 0 Å². The van der Waals surface area contributed by atoms with Crippen LogP contribution in [0.15, 0.2) is 36.5 Å². The van der Waals surface area contributed by atoms with E-state index in [1.165, 1.54) is 12.8 Å².